The maximum Gasteiger partial charge on any atom is 0.329 e. The lowest BCUT2D eigenvalue weighted by Gasteiger charge is -2.23. The van der Waals surface area contributed by atoms with Crippen molar-refractivity contribution < 1.29 is 23.5 Å². The summed E-state index contributed by atoms with van der Waals surface area (Å²) in [6.45, 7) is 3.46. The summed E-state index contributed by atoms with van der Waals surface area (Å²) in [5, 5.41) is 3.25. The van der Waals surface area contributed by atoms with Crippen LogP contribution in [0.15, 0.2) is 53.1 Å². The first-order valence-corrected chi connectivity index (χ1v) is 12.6. The molecule has 8 nitrogen and oxygen atoms in total. The van der Waals surface area contributed by atoms with Crippen molar-refractivity contribution in [2.45, 2.75) is 52.1 Å². The van der Waals surface area contributed by atoms with E-state index in [9.17, 15) is 14.4 Å². The molecule has 2 amide bonds. The van der Waals surface area contributed by atoms with Crippen molar-refractivity contribution in [1.29, 1.82) is 0 Å². The molecule has 9 heteroatoms. The number of fused-ring (bicyclic) bond motifs is 1. The number of aromatic nitrogens is 1. The predicted molar refractivity (Wildman–Crippen MR) is 132 cm³/mol. The molecule has 2 aromatic heterocycles. The molecule has 35 heavy (non-hydrogen) atoms. The molecule has 0 unspecified atom stereocenters. The number of esters is 1. The molecule has 0 spiro atoms. The van der Waals surface area contributed by atoms with E-state index in [1.807, 2.05) is 30.3 Å². The van der Waals surface area contributed by atoms with Gasteiger partial charge in [-0.05, 0) is 49.3 Å². The van der Waals surface area contributed by atoms with E-state index >= 15 is 0 Å². The number of rotatable bonds is 9. The number of ether oxygens (including phenoxy) is 1. The van der Waals surface area contributed by atoms with Crippen LogP contribution in [0.1, 0.15) is 53.4 Å². The first-order chi connectivity index (χ1) is 16.9. The van der Waals surface area contributed by atoms with Gasteiger partial charge in [-0.2, -0.15) is 0 Å². The standard InChI is InChI=1S/C26H29N3O5S/c1-17(2)23(28-24(31)20-12-8-14-33-20)25(32)34-16-22(30)29(15-18-9-4-3-5-10-18)26-27-19-11-6-7-13-21(19)35-26/h3-5,8-10,12,14,17,23H,6-7,11,13,15-16H2,1-2H3,(H,28,31)/t23-/m0/s1. The molecule has 0 saturated heterocycles. The molecule has 1 aromatic carbocycles. The first kappa shape index (κ1) is 24.7. The molecule has 0 bridgehead atoms. The van der Waals surface area contributed by atoms with Gasteiger partial charge in [0.15, 0.2) is 17.5 Å². The molecular formula is C26H29N3O5S. The van der Waals surface area contributed by atoms with Crippen molar-refractivity contribution in [3.8, 4) is 0 Å². The highest BCUT2D eigenvalue weighted by atomic mass is 32.1. The number of benzene rings is 1. The predicted octanol–water partition coefficient (Wildman–Crippen LogP) is 4.15. The van der Waals surface area contributed by atoms with Crippen LogP contribution in [-0.4, -0.2) is 35.4 Å². The van der Waals surface area contributed by atoms with Crippen LogP contribution in [0.25, 0.3) is 0 Å². The number of aryl methyl sites for hydroxylation is 2. The van der Waals surface area contributed by atoms with Gasteiger partial charge in [0.1, 0.15) is 6.04 Å². The molecule has 184 valence electrons. The largest absolute Gasteiger partial charge is 0.459 e. The Kier molecular flexibility index (Phi) is 7.97. The number of amides is 2. The average molecular weight is 496 g/mol. The highest BCUT2D eigenvalue weighted by molar-refractivity contribution is 7.15. The van der Waals surface area contributed by atoms with Gasteiger partial charge in [0.05, 0.1) is 18.5 Å². The minimum atomic E-state index is -0.921. The van der Waals surface area contributed by atoms with Crippen LogP contribution in [0, 0.1) is 5.92 Å². The van der Waals surface area contributed by atoms with E-state index in [4.69, 9.17) is 14.1 Å². The second-order valence-corrected chi connectivity index (χ2v) is 9.88. The number of hydrogen-bond acceptors (Lipinski definition) is 7. The van der Waals surface area contributed by atoms with Gasteiger partial charge in [-0.15, -0.1) is 11.3 Å². The van der Waals surface area contributed by atoms with Crippen LogP contribution in [-0.2, 0) is 33.7 Å². The topological polar surface area (TPSA) is 102 Å². The average Bonchev–Trinajstić information content (AvgIpc) is 3.55. The summed E-state index contributed by atoms with van der Waals surface area (Å²) in [5.41, 5.74) is 2.01. The van der Waals surface area contributed by atoms with Gasteiger partial charge in [0.2, 0.25) is 0 Å². The van der Waals surface area contributed by atoms with Gasteiger partial charge in [-0.1, -0.05) is 44.2 Å². The Bertz CT molecular complexity index is 1130. The summed E-state index contributed by atoms with van der Waals surface area (Å²) < 4.78 is 10.5. The number of carbonyl (C=O) groups is 3. The molecule has 0 radical (unpaired) electrons. The molecule has 0 fully saturated rings. The fourth-order valence-corrected chi connectivity index (χ4v) is 5.07. The monoisotopic (exact) mass is 495 g/mol. The lowest BCUT2D eigenvalue weighted by molar-refractivity contribution is -0.150. The number of carbonyl (C=O) groups excluding carboxylic acids is 3. The van der Waals surface area contributed by atoms with E-state index in [-0.39, 0.29) is 17.6 Å². The number of anilines is 1. The number of hydrogen-bond donors (Lipinski definition) is 1. The van der Waals surface area contributed by atoms with Crippen molar-refractivity contribution >= 4 is 34.3 Å². The van der Waals surface area contributed by atoms with Crippen molar-refractivity contribution in [2.75, 3.05) is 11.5 Å². The quantitative estimate of drug-likeness (QED) is 0.448. The Hall–Kier alpha value is -3.46. The van der Waals surface area contributed by atoms with E-state index in [2.05, 4.69) is 5.32 Å². The van der Waals surface area contributed by atoms with Crippen molar-refractivity contribution in [2.24, 2.45) is 5.92 Å². The van der Waals surface area contributed by atoms with Crippen LogP contribution in [0.2, 0.25) is 0 Å². The second-order valence-electron chi connectivity index (χ2n) is 8.82. The second kappa shape index (κ2) is 11.3. The van der Waals surface area contributed by atoms with Crippen LogP contribution in [0.4, 0.5) is 5.13 Å². The van der Waals surface area contributed by atoms with Crippen molar-refractivity contribution in [3.05, 3.63) is 70.6 Å². The zero-order valence-corrected chi connectivity index (χ0v) is 20.7. The van der Waals surface area contributed by atoms with Crippen LogP contribution in [0.3, 0.4) is 0 Å². The Balaban J connectivity index is 1.46. The van der Waals surface area contributed by atoms with E-state index in [0.717, 1.165) is 36.9 Å². The fraction of sp³-hybridized carbons (Fsp3) is 0.385. The number of furan rings is 1. The maximum atomic E-state index is 13.3. The molecular weight excluding hydrogens is 466 g/mol. The molecule has 2 heterocycles. The highest BCUT2D eigenvalue weighted by Crippen LogP contribution is 2.32. The van der Waals surface area contributed by atoms with Gasteiger partial charge in [-0.3, -0.25) is 14.5 Å². The summed E-state index contributed by atoms with van der Waals surface area (Å²) in [5.74, 6) is -1.71. The van der Waals surface area contributed by atoms with Gasteiger partial charge >= 0.3 is 5.97 Å². The molecule has 0 saturated carbocycles. The molecule has 1 atom stereocenters. The zero-order valence-electron chi connectivity index (χ0n) is 19.9. The third kappa shape index (κ3) is 6.16. The van der Waals surface area contributed by atoms with Crippen molar-refractivity contribution in [1.82, 2.24) is 10.3 Å². The molecule has 3 aromatic rings. The van der Waals surface area contributed by atoms with Gasteiger partial charge in [0, 0.05) is 4.88 Å². The molecule has 4 rings (SSSR count). The van der Waals surface area contributed by atoms with E-state index in [0.29, 0.717) is 11.7 Å². The van der Waals surface area contributed by atoms with Crippen LogP contribution in [0.5, 0.6) is 0 Å². The van der Waals surface area contributed by atoms with Crippen LogP contribution >= 0.6 is 11.3 Å². The fourth-order valence-electron chi connectivity index (χ4n) is 3.90. The van der Waals surface area contributed by atoms with E-state index in [1.54, 1.807) is 24.8 Å². The smallest absolute Gasteiger partial charge is 0.329 e. The molecule has 1 aliphatic carbocycles. The minimum absolute atomic E-state index is 0.0984. The summed E-state index contributed by atoms with van der Waals surface area (Å²) in [4.78, 5) is 46.0. The normalized spacial score (nSPS) is 13.7. The zero-order chi connectivity index (χ0) is 24.8. The minimum Gasteiger partial charge on any atom is -0.459 e. The third-order valence-electron chi connectivity index (χ3n) is 5.84. The summed E-state index contributed by atoms with van der Waals surface area (Å²) in [6, 6.07) is 11.8. The molecule has 0 aliphatic heterocycles. The Morgan fingerprint density at radius 1 is 1.11 bits per heavy atom. The van der Waals surface area contributed by atoms with Gasteiger partial charge in [-0.25, -0.2) is 9.78 Å². The van der Waals surface area contributed by atoms with Crippen molar-refractivity contribution in [3.63, 3.8) is 0 Å². The Labute approximate surface area is 208 Å². The summed E-state index contributed by atoms with van der Waals surface area (Å²) in [6.07, 6.45) is 5.49. The lowest BCUT2D eigenvalue weighted by Crippen LogP contribution is -2.46. The van der Waals surface area contributed by atoms with Gasteiger partial charge in [0.25, 0.3) is 11.8 Å². The third-order valence-corrected chi connectivity index (χ3v) is 7.02. The number of nitrogens with zero attached hydrogens (tertiary/aromatic N) is 2. The molecule has 1 N–H and O–H groups in total. The van der Waals surface area contributed by atoms with E-state index in [1.165, 1.54) is 28.5 Å². The Morgan fingerprint density at radius 3 is 2.57 bits per heavy atom. The maximum absolute atomic E-state index is 13.3. The highest BCUT2D eigenvalue weighted by Gasteiger charge is 2.29. The van der Waals surface area contributed by atoms with Crippen LogP contribution < -0.4 is 10.2 Å². The first-order valence-electron chi connectivity index (χ1n) is 11.8. The van der Waals surface area contributed by atoms with E-state index < -0.39 is 24.5 Å². The molecule has 1 aliphatic rings. The Morgan fingerprint density at radius 2 is 1.89 bits per heavy atom. The van der Waals surface area contributed by atoms with Gasteiger partial charge < -0.3 is 14.5 Å². The summed E-state index contributed by atoms with van der Waals surface area (Å²) in [7, 11) is 0. The SMILES string of the molecule is CC(C)[C@H](NC(=O)c1ccco1)C(=O)OCC(=O)N(Cc1ccccc1)c1nc2c(s1)CCCC2. The number of nitrogens with one attached hydrogen (secondary N) is 1. The number of thiazole rings is 1. The summed E-state index contributed by atoms with van der Waals surface area (Å²) >= 11 is 1.53. The lowest BCUT2D eigenvalue weighted by atomic mass is 10.0.